The molecular weight excluding hydrogens is 262 g/mol. The van der Waals surface area contributed by atoms with Crippen molar-refractivity contribution in [3.63, 3.8) is 0 Å². The Balaban J connectivity index is 1.46. The van der Waals surface area contributed by atoms with Crippen LogP contribution in [-0.4, -0.2) is 37.6 Å². The van der Waals surface area contributed by atoms with Gasteiger partial charge < -0.3 is 24.6 Å². The molecule has 0 saturated heterocycles. The van der Waals surface area contributed by atoms with E-state index in [1.165, 1.54) is 0 Å². The highest BCUT2D eigenvalue weighted by molar-refractivity contribution is 5.77. The molecule has 0 bridgehead atoms. The summed E-state index contributed by atoms with van der Waals surface area (Å²) < 4.78 is 15.8. The lowest BCUT2D eigenvalue weighted by Crippen LogP contribution is -2.35. The molecule has 6 nitrogen and oxygen atoms in total. The average Bonchev–Trinajstić information content (AvgIpc) is 3.11. The molecule has 1 saturated carbocycles. The molecule has 1 aromatic carbocycles. The van der Waals surface area contributed by atoms with E-state index >= 15 is 0 Å². The third-order valence-corrected chi connectivity index (χ3v) is 3.67. The molecule has 1 aliphatic carbocycles. The number of benzene rings is 1. The molecular formula is C14H17NO5. The van der Waals surface area contributed by atoms with Gasteiger partial charge >= 0.3 is 0 Å². The first-order chi connectivity index (χ1) is 9.71. The molecule has 0 unspecified atom stereocenters. The van der Waals surface area contributed by atoms with Gasteiger partial charge in [0.1, 0.15) is 5.75 Å². The third kappa shape index (κ3) is 2.80. The second kappa shape index (κ2) is 5.20. The van der Waals surface area contributed by atoms with E-state index in [9.17, 15) is 4.79 Å². The maximum absolute atomic E-state index is 11.7. The number of carbonyl (C=O) groups is 1. The Morgan fingerprint density at radius 2 is 2.15 bits per heavy atom. The monoisotopic (exact) mass is 279 g/mol. The number of hydrogen-bond donors (Lipinski definition) is 2. The number of carbonyl (C=O) groups excluding carboxylic acids is 1. The minimum atomic E-state index is -0.192. The highest BCUT2D eigenvalue weighted by Gasteiger charge is 2.42. The summed E-state index contributed by atoms with van der Waals surface area (Å²) in [6, 6.07) is 5.18. The lowest BCUT2D eigenvalue weighted by molar-refractivity contribution is -0.123. The second-order valence-corrected chi connectivity index (χ2v) is 5.24. The molecule has 0 atom stereocenters. The van der Waals surface area contributed by atoms with Crippen molar-refractivity contribution in [1.82, 2.24) is 5.32 Å². The molecule has 1 aromatic rings. The number of fused-ring (bicyclic) bond motifs is 1. The summed E-state index contributed by atoms with van der Waals surface area (Å²) in [6.45, 7) is 0.785. The molecule has 1 amide bonds. The summed E-state index contributed by atoms with van der Waals surface area (Å²) in [7, 11) is 0. The van der Waals surface area contributed by atoms with Gasteiger partial charge in [-0.2, -0.15) is 0 Å². The summed E-state index contributed by atoms with van der Waals surface area (Å²) in [4.78, 5) is 11.7. The molecule has 6 heteroatoms. The topological polar surface area (TPSA) is 77.0 Å². The Bertz CT molecular complexity index is 512. The fraction of sp³-hybridized carbons (Fsp3) is 0.500. The number of rotatable bonds is 6. The number of ether oxygens (including phenoxy) is 3. The van der Waals surface area contributed by atoms with Crippen LogP contribution in [0.15, 0.2) is 18.2 Å². The van der Waals surface area contributed by atoms with Crippen molar-refractivity contribution < 1.29 is 24.1 Å². The Morgan fingerprint density at radius 1 is 1.35 bits per heavy atom. The van der Waals surface area contributed by atoms with E-state index in [1.54, 1.807) is 18.2 Å². The van der Waals surface area contributed by atoms with Crippen LogP contribution in [0.25, 0.3) is 0 Å². The van der Waals surface area contributed by atoms with Gasteiger partial charge in [0.25, 0.3) is 5.91 Å². The SMILES string of the molecule is O=C(COc1ccc2c(c1)OCO2)NCC1(CO)CC1. The van der Waals surface area contributed by atoms with Crippen LogP contribution in [0.3, 0.4) is 0 Å². The van der Waals surface area contributed by atoms with E-state index < -0.39 is 0 Å². The molecule has 0 radical (unpaired) electrons. The quantitative estimate of drug-likeness (QED) is 0.801. The molecule has 0 spiro atoms. The highest BCUT2D eigenvalue weighted by Crippen LogP contribution is 2.44. The van der Waals surface area contributed by atoms with Crippen molar-refractivity contribution in [1.29, 1.82) is 0 Å². The lowest BCUT2D eigenvalue weighted by atomic mass is 10.1. The van der Waals surface area contributed by atoms with Crippen LogP contribution < -0.4 is 19.5 Å². The van der Waals surface area contributed by atoms with E-state index in [-0.39, 0.29) is 31.3 Å². The highest BCUT2D eigenvalue weighted by atomic mass is 16.7. The molecule has 0 aromatic heterocycles. The van der Waals surface area contributed by atoms with Crippen LogP contribution in [0, 0.1) is 5.41 Å². The van der Waals surface area contributed by atoms with Gasteiger partial charge in [-0.15, -0.1) is 0 Å². The van der Waals surface area contributed by atoms with Crippen LogP contribution in [0.2, 0.25) is 0 Å². The fourth-order valence-corrected chi connectivity index (χ4v) is 2.02. The zero-order valence-corrected chi connectivity index (χ0v) is 11.1. The van der Waals surface area contributed by atoms with E-state index in [4.69, 9.17) is 19.3 Å². The van der Waals surface area contributed by atoms with Gasteiger partial charge in [-0.05, 0) is 25.0 Å². The molecule has 1 aliphatic heterocycles. The molecule has 1 fully saturated rings. The summed E-state index contributed by atoms with van der Waals surface area (Å²) in [5, 5.41) is 11.9. The Hall–Kier alpha value is -1.95. The number of amides is 1. The van der Waals surface area contributed by atoms with Crippen molar-refractivity contribution in [3.8, 4) is 17.2 Å². The number of hydrogen-bond acceptors (Lipinski definition) is 5. The molecule has 20 heavy (non-hydrogen) atoms. The van der Waals surface area contributed by atoms with Gasteiger partial charge in [0.05, 0.1) is 6.61 Å². The number of aliphatic hydroxyl groups excluding tert-OH is 1. The number of aliphatic hydroxyl groups is 1. The summed E-state index contributed by atoms with van der Waals surface area (Å²) >= 11 is 0. The summed E-state index contributed by atoms with van der Waals surface area (Å²) in [5.41, 5.74) is -0.0889. The molecule has 3 rings (SSSR count). The smallest absolute Gasteiger partial charge is 0.257 e. The van der Waals surface area contributed by atoms with Crippen LogP contribution in [0.1, 0.15) is 12.8 Å². The minimum absolute atomic E-state index is 0.0544. The maximum Gasteiger partial charge on any atom is 0.257 e. The van der Waals surface area contributed by atoms with E-state index in [0.29, 0.717) is 23.8 Å². The van der Waals surface area contributed by atoms with Crippen LogP contribution in [0.5, 0.6) is 17.2 Å². The van der Waals surface area contributed by atoms with Gasteiger partial charge in [-0.25, -0.2) is 0 Å². The van der Waals surface area contributed by atoms with Gasteiger partial charge in [0, 0.05) is 18.0 Å². The van der Waals surface area contributed by atoms with Gasteiger partial charge in [-0.3, -0.25) is 4.79 Å². The zero-order chi connectivity index (χ0) is 14.0. The van der Waals surface area contributed by atoms with Crippen molar-refractivity contribution in [2.45, 2.75) is 12.8 Å². The fourth-order valence-electron chi connectivity index (χ4n) is 2.02. The predicted octanol–water partition coefficient (Wildman–Crippen LogP) is 0.683. The first-order valence-electron chi connectivity index (χ1n) is 6.61. The van der Waals surface area contributed by atoms with E-state index in [1.807, 2.05) is 0 Å². The summed E-state index contributed by atoms with van der Waals surface area (Å²) in [5.74, 6) is 1.68. The average molecular weight is 279 g/mol. The van der Waals surface area contributed by atoms with Gasteiger partial charge in [-0.1, -0.05) is 0 Å². The van der Waals surface area contributed by atoms with Crippen LogP contribution in [-0.2, 0) is 4.79 Å². The van der Waals surface area contributed by atoms with Gasteiger partial charge in [0.2, 0.25) is 6.79 Å². The standard InChI is InChI=1S/C14H17NO5/c16-8-14(3-4-14)7-15-13(17)6-18-10-1-2-11-12(5-10)20-9-19-11/h1-2,5,16H,3-4,6-9H2,(H,15,17). The first-order valence-corrected chi connectivity index (χ1v) is 6.61. The Labute approximate surface area is 116 Å². The second-order valence-electron chi connectivity index (χ2n) is 5.24. The zero-order valence-electron chi connectivity index (χ0n) is 11.1. The molecule has 1 heterocycles. The Kier molecular flexibility index (Phi) is 3.40. The van der Waals surface area contributed by atoms with Crippen molar-refractivity contribution in [3.05, 3.63) is 18.2 Å². The Morgan fingerprint density at radius 3 is 2.90 bits per heavy atom. The minimum Gasteiger partial charge on any atom is -0.484 e. The van der Waals surface area contributed by atoms with Crippen LogP contribution in [0.4, 0.5) is 0 Å². The van der Waals surface area contributed by atoms with Crippen molar-refractivity contribution >= 4 is 5.91 Å². The predicted molar refractivity (Wildman–Crippen MR) is 69.8 cm³/mol. The van der Waals surface area contributed by atoms with Crippen molar-refractivity contribution in [2.75, 3.05) is 26.6 Å². The summed E-state index contributed by atoms with van der Waals surface area (Å²) in [6.07, 6.45) is 1.93. The molecule has 2 N–H and O–H groups in total. The normalized spacial score (nSPS) is 17.6. The van der Waals surface area contributed by atoms with Crippen LogP contribution >= 0.6 is 0 Å². The molecule has 2 aliphatic rings. The third-order valence-electron chi connectivity index (χ3n) is 3.67. The van der Waals surface area contributed by atoms with E-state index in [2.05, 4.69) is 5.32 Å². The largest absolute Gasteiger partial charge is 0.484 e. The lowest BCUT2D eigenvalue weighted by Gasteiger charge is -2.13. The van der Waals surface area contributed by atoms with E-state index in [0.717, 1.165) is 12.8 Å². The molecule has 108 valence electrons. The number of nitrogens with one attached hydrogen (secondary N) is 1. The van der Waals surface area contributed by atoms with Crippen molar-refractivity contribution in [2.24, 2.45) is 5.41 Å². The van der Waals surface area contributed by atoms with Gasteiger partial charge in [0.15, 0.2) is 18.1 Å². The first kappa shape index (κ1) is 13.1. The maximum atomic E-state index is 11.7.